The molecule has 1 heterocycles. The van der Waals surface area contributed by atoms with Gasteiger partial charge in [-0.15, -0.1) is 12.4 Å². The molecule has 1 aliphatic rings. The van der Waals surface area contributed by atoms with Crippen molar-refractivity contribution >= 4 is 34.2 Å². The second-order valence-corrected chi connectivity index (χ2v) is 5.08. The number of carbonyl (C=O) groups is 1. The van der Waals surface area contributed by atoms with Crippen LogP contribution in [0.25, 0.3) is 0 Å². The molecule has 0 aliphatic carbocycles. The van der Waals surface area contributed by atoms with E-state index in [-0.39, 0.29) is 24.4 Å². The summed E-state index contributed by atoms with van der Waals surface area (Å²) >= 11 is 3.36. The third-order valence-corrected chi connectivity index (χ3v) is 3.36. The van der Waals surface area contributed by atoms with Gasteiger partial charge in [0.1, 0.15) is 0 Å². The van der Waals surface area contributed by atoms with Crippen LogP contribution in [0.4, 0.5) is 0 Å². The van der Waals surface area contributed by atoms with Gasteiger partial charge in [0.15, 0.2) is 0 Å². The molecule has 1 saturated heterocycles. The van der Waals surface area contributed by atoms with Gasteiger partial charge in [0.05, 0.1) is 0 Å². The molecule has 1 fully saturated rings. The zero-order valence-corrected chi connectivity index (χ0v) is 11.8. The molecule has 1 atom stereocenters. The van der Waals surface area contributed by atoms with Crippen LogP contribution < -0.4 is 5.73 Å². The molecule has 0 saturated carbocycles. The quantitative estimate of drug-likeness (QED) is 0.864. The zero-order valence-electron chi connectivity index (χ0n) is 9.43. The summed E-state index contributed by atoms with van der Waals surface area (Å²) in [5.74, 6) is 0.0858. The Balaban J connectivity index is 0.00000144. The van der Waals surface area contributed by atoms with E-state index in [2.05, 4.69) is 15.9 Å². The van der Waals surface area contributed by atoms with Gasteiger partial charge in [0, 0.05) is 29.2 Å². The number of hydrogen-bond acceptors (Lipinski definition) is 2. The number of hydrogen-bond donors (Lipinski definition) is 1. The lowest BCUT2D eigenvalue weighted by molar-refractivity contribution is 0.0709. The Hall–Kier alpha value is -0.580. The molecule has 3 nitrogen and oxygen atoms in total. The number of likely N-dealkylation sites (tertiary alicyclic amines) is 1. The predicted molar refractivity (Wildman–Crippen MR) is 74.5 cm³/mol. The smallest absolute Gasteiger partial charge is 0.253 e. The number of nitrogens with two attached hydrogens (primary N) is 1. The minimum atomic E-state index is 0. The Morgan fingerprint density at radius 3 is 2.59 bits per heavy atom. The van der Waals surface area contributed by atoms with Crippen LogP contribution in [0.5, 0.6) is 0 Å². The maximum atomic E-state index is 12.1. The highest BCUT2D eigenvalue weighted by atomic mass is 79.9. The van der Waals surface area contributed by atoms with E-state index in [4.69, 9.17) is 5.73 Å². The third kappa shape index (κ3) is 3.69. The van der Waals surface area contributed by atoms with Crippen molar-refractivity contribution in [3.8, 4) is 0 Å². The van der Waals surface area contributed by atoms with Gasteiger partial charge < -0.3 is 10.6 Å². The third-order valence-electron chi connectivity index (χ3n) is 2.84. The topological polar surface area (TPSA) is 46.3 Å². The van der Waals surface area contributed by atoms with Crippen LogP contribution in [0.3, 0.4) is 0 Å². The van der Waals surface area contributed by atoms with E-state index < -0.39 is 0 Å². The first-order valence-electron chi connectivity index (χ1n) is 5.47. The Bertz CT molecular complexity index is 383. The van der Waals surface area contributed by atoms with Gasteiger partial charge >= 0.3 is 0 Å². The van der Waals surface area contributed by atoms with E-state index in [1.54, 1.807) is 0 Å². The van der Waals surface area contributed by atoms with Crippen molar-refractivity contribution in [2.45, 2.75) is 18.9 Å². The molecule has 0 aromatic heterocycles. The fraction of sp³-hybridized carbons (Fsp3) is 0.417. The van der Waals surface area contributed by atoms with Crippen molar-refractivity contribution in [1.29, 1.82) is 0 Å². The van der Waals surface area contributed by atoms with Crippen molar-refractivity contribution in [2.24, 2.45) is 5.73 Å². The molecule has 1 aromatic rings. The Labute approximate surface area is 116 Å². The van der Waals surface area contributed by atoms with Crippen LogP contribution in [0.1, 0.15) is 23.2 Å². The van der Waals surface area contributed by atoms with E-state index in [1.165, 1.54) is 0 Å². The Morgan fingerprint density at radius 2 is 2.00 bits per heavy atom. The first-order valence-corrected chi connectivity index (χ1v) is 6.26. The number of piperidine rings is 1. The molecule has 94 valence electrons. The van der Waals surface area contributed by atoms with E-state index in [9.17, 15) is 4.79 Å². The molecule has 0 bridgehead atoms. The standard InChI is InChI=1S/C12H15BrN2O.ClH/c13-10-5-3-9(4-6-10)12(16)15-7-1-2-11(14)8-15;/h3-6,11H,1-2,7-8,14H2;1H/t11-;/m1./s1. The molecule has 2 rings (SSSR count). The average Bonchev–Trinajstić information content (AvgIpc) is 2.29. The highest BCUT2D eigenvalue weighted by Crippen LogP contribution is 2.15. The second kappa shape index (κ2) is 6.38. The van der Waals surface area contributed by atoms with Gasteiger partial charge in [-0.25, -0.2) is 0 Å². The summed E-state index contributed by atoms with van der Waals surface area (Å²) in [7, 11) is 0. The second-order valence-electron chi connectivity index (χ2n) is 4.16. The predicted octanol–water partition coefficient (Wildman–Crippen LogP) is 2.43. The molecule has 2 N–H and O–H groups in total. The maximum absolute atomic E-state index is 12.1. The Kier molecular flexibility index (Phi) is 5.43. The highest BCUT2D eigenvalue weighted by molar-refractivity contribution is 9.10. The van der Waals surface area contributed by atoms with Crippen molar-refractivity contribution in [1.82, 2.24) is 4.90 Å². The van der Waals surface area contributed by atoms with Gasteiger partial charge in [-0.05, 0) is 37.1 Å². The summed E-state index contributed by atoms with van der Waals surface area (Å²) in [4.78, 5) is 14.0. The molecule has 0 unspecified atom stereocenters. The molecule has 1 aliphatic heterocycles. The summed E-state index contributed by atoms with van der Waals surface area (Å²) in [6.45, 7) is 1.50. The van der Waals surface area contributed by atoms with Crippen molar-refractivity contribution in [2.75, 3.05) is 13.1 Å². The zero-order chi connectivity index (χ0) is 11.5. The largest absolute Gasteiger partial charge is 0.337 e. The van der Waals surface area contributed by atoms with Gasteiger partial charge in [0.25, 0.3) is 5.91 Å². The van der Waals surface area contributed by atoms with Gasteiger partial charge in [-0.1, -0.05) is 15.9 Å². The summed E-state index contributed by atoms with van der Waals surface area (Å²) in [6, 6.07) is 7.58. The summed E-state index contributed by atoms with van der Waals surface area (Å²) in [5.41, 5.74) is 6.60. The number of nitrogens with zero attached hydrogens (tertiary/aromatic N) is 1. The number of amides is 1. The van der Waals surface area contributed by atoms with Gasteiger partial charge in [-0.2, -0.15) is 0 Å². The van der Waals surface area contributed by atoms with Crippen molar-refractivity contribution in [3.63, 3.8) is 0 Å². The minimum Gasteiger partial charge on any atom is -0.337 e. The van der Waals surface area contributed by atoms with Crippen LogP contribution in [0.15, 0.2) is 28.7 Å². The molecule has 1 amide bonds. The van der Waals surface area contributed by atoms with E-state index in [0.717, 1.165) is 29.4 Å². The summed E-state index contributed by atoms with van der Waals surface area (Å²) in [5, 5.41) is 0. The van der Waals surface area contributed by atoms with Gasteiger partial charge in [0.2, 0.25) is 0 Å². The lowest BCUT2D eigenvalue weighted by atomic mass is 10.1. The molecule has 0 spiro atoms. The molecular weight excluding hydrogens is 304 g/mol. The monoisotopic (exact) mass is 318 g/mol. The van der Waals surface area contributed by atoms with E-state index >= 15 is 0 Å². The molecule has 1 aromatic carbocycles. The van der Waals surface area contributed by atoms with Crippen LogP contribution in [-0.2, 0) is 0 Å². The fourth-order valence-corrected chi connectivity index (χ4v) is 2.23. The molecule has 17 heavy (non-hydrogen) atoms. The van der Waals surface area contributed by atoms with Crippen LogP contribution in [-0.4, -0.2) is 29.9 Å². The first-order chi connectivity index (χ1) is 7.66. The Morgan fingerprint density at radius 1 is 1.35 bits per heavy atom. The lowest BCUT2D eigenvalue weighted by Gasteiger charge is -2.30. The molecule has 5 heteroatoms. The lowest BCUT2D eigenvalue weighted by Crippen LogP contribution is -2.45. The van der Waals surface area contributed by atoms with Gasteiger partial charge in [-0.3, -0.25) is 4.79 Å². The van der Waals surface area contributed by atoms with Crippen molar-refractivity contribution in [3.05, 3.63) is 34.3 Å². The first kappa shape index (κ1) is 14.5. The average molecular weight is 320 g/mol. The maximum Gasteiger partial charge on any atom is 0.253 e. The normalized spacial score (nSPS) is 19.6. The summed E-state index contributed by atoms with van der Waals surface area (Å²) in [6.07, 6.45) is 2.02. The van der Waals surface area contributed by atoms with Crippen LogP contribution >= 0.6 is 28.3 Å². The highest BCUT2D eigenvalue weighted by Gasteiger charge is 2.21. The molecule has 0 radical (unpaired) electrons. The van der Waals surface area contributed by atoms with Crippen LogP contribution in [0.2, 0.25) is 0 Å². The number of halogens is 2. The minimum absolute atomic E-state index is 0. The van der Waals surface area contributed by atoms with Crippen LogP contribution in [0, 0.1) is 0 Å². The van der Waals surface area contributed by atoms with Crippen molar-refractivity contribution < 1.29 is 4.79 Å². The van der Waals surface area contributed by atoms with E-state index in [0.29, 0.717) is 6.54 Å². The van der Waals surface area contributed by atoms with E-state index in [1.807, 2.05) is 29.2 Å². The molecular formula is C12H16BrClN2O. The number of benzene rings is 1. The SMILES string of the molecule is Cl.N[C@@H]1CCCN(C(=O)c2ccc(Br)cc2)C1. The number of rotatable bonds is 1. The summed E-state index contributed by atoms with van der Waals surface area (Å²) < 4.78 is 0.986. The fourth-order valence-electron chi connectivity index (χ4n) is 1.97. The number of carbonyl (C=O) groups excluding carboxylic acids is 1.